The Bertz CT molecular complexity index is 1170. The lowest BCUT2D eigenvalue weighted by Gasteiger charge is -2.35. The molecule has 34 heavy (non-hydrogen) atoms. The van der Waals surface area contributed by atoms with E-state index in [4.69, 9.17) is 0 Å². The second-order valence-corrected chi connectivity index (χ2v) is 9.34. The Morgan fingerprint density at radius 1 is 1.12 bits per heavy atom. The maximum absolute atomic E-state index is 12.9. The van der Waals surface area contributed by atoms with Crippen molar-refractivity contribution in [2.24, 2.45) is 0 Å². The molecule has 1 aromatic carbocycles. The third-order valence-electron chi connectivity index (χ3n) is 5.86. The monoisotopic (exact) mass is 478 g/mol. The van der Waals surface area contributed by atoms with Crippen molar-refractivity contribution in [2.45, 2.75) is 30.8 Å². The molecule has 1 aliphatic heterocycles. The summed E-state index contributed by atoms with van der Waals surface area (Å²) in [5.74, 6) is 2.38. The highest BCUT2D eigenvalue weighted by atomic mass is 32.2. The summed E-state index contributed by atoms with van der Waals surface area (Å²) < 4.78 is 2.02. The molecule has 1 N–H and O–H groups in total. The maximum atomic E-state index is 12.9. The van der Waals surface area contributed by atoms with E-state index in [2.05, 4.69) is 30.4 Å². The number of thioether (sulfide) groups is 1. The third kappa shape index (κ3) is 5.04. The van der Waals surface area contributed by atoms with Gasteiger partial charge < -0.3 is 15.1 Å². The molecule has 176 valence electrons. The molecular formula is C23H26N8O2S. The Labute approximate surface area is 201 Å². The van der Waals surface area contributed by atoms with Crippen molar-refractivity contribution in [2.75, 3.05) is 42.1 Å². The molecule has 10 nitrogen and oxygen atoms in total. The number of nitrogens with one attached hydrogen (secondary N) is 1. The first-order chi connectivity index (χ1) is 16.6. The summed E-state index contributed by atoms with van der Waals surface area (Å²) in [6.45, 7) is 4.24. The molecule has 1 saturated heterocycles. The van der Waals surface area contributed by atoms with E-state index in [-0.39, 0.29) is 11.8 Å². The molecule has 3 aromatic rings. The van der Waals surface area contributed by atoms with Gasteiger partial charge in [-0.3, -0.25) is 19.1 Å². The minimum atomic E-state index is -0.122. The first-order valence-electron chi connectivity index (χ1n) is 11.3. The molecule has 1 saturated carbocycles. The fourth-order valence-corrected chi connectivity index (χ4v) is 4.87. The van der Waals surface area contributed by atoms with Gasteiger partial charge in [-0.15, -0.1) is 10.2 Å². The first-order valence-corrected chi connectivity index (χ1v) is 12.3. The molecule has 3 heterocycles. The van der Waals surface area contributed by atoms with E-state index in [1.807, 2.05) is 33.7 Å². The molecule has 2 amide bonds. The highest BCUT2D eigenvalue weighted by molar-refractivity contribution is 7.99. The number of rotatable bonds is 7. The van der Waals surface area contributed by atoms with Crippen molar-refractivity contribution in [3.05, 3.63) is 48.7 Å². The molecule has 2 fully saturated rings. The first kappa shape index (κ1) is 22.3. The number of hydrogen-bond acceptors (Lipinski definition) is 8. The predicted octanol–water partition coefficient (Wildman–Crippen LogP) is 2.33. The van der Waals surface area contributed by atoms with Crippen molar-refractivity contribution in [3.63, 3.8) is 0 Å². The van der Waals surface area contributed by atoms with Gasteiger partial charge in [0.1, 0.15) is 11.6 Å². The number of piperazine rings is 1. The lowest BCUT2D eigenvalue weighted by Crippen LogP contribution is -2.49. The lowest BCUT2D eigenvalue weighted by atomic mass is 10.2. The van der Waals surface area contributed by atoms with Gasteiger partial charge in [-0.25, -0.2) is 4.98 Å². The minimum absolute atomic E-state index is 0.0818. The van der Waals surface area contributed by atoms with E-state index in [0.29, 0.717) is 35.6 Å². The van der Waals surface area contributed by atoms with Gasteiger partial charge in [-0.2, -0.15) is 0 Å². The number of benzene rings is 1. The van der Waals surface area contributed by atoms with Crippen LogP contribution < -0.4 is 10.2 Å². The number of aromatic nitrogens is 5. The smallest absolute Gasteiger partial charge is 0.233 e. The van der Waals surface area contributed by atoms with Gasteiger partial charge >= 0.3 is 0 Å². The summed E-state index contributed by atoms with van der Waals surface area (Å²) in [6.07, 6.45) is 7.26. The Morgan fingerprint density at radius 2 is 1.94 bits per heavy atom. The SMILES string of the molecule is CC(=O)Nc1cccc(-n2c(SCC(=O)N3CCN(c4cnccn4)CC3)nnc2C2CC2)c1. The zero-order valence-electron chi connectivity index (χ0n) is 18.9. The maximum Gasteiger partial charge on any atom is 0.233 e. The van der Waals surface area contributed by atoms with Crippen LogP contribution in [0.5, 0.6) is 0 Å². The number of amides is 2. The van der Waals surface area contributed by atoms with Crippen LogP contribution in [0.4, 0.5) is 11.5 Å². The van der Waals surface area contributed by atoms with E-state index < -0.39 is 0 Å². The molecular weight excluding hydrogens is 452 g/mol. The van der Waals surface area contributed by atoms with Gasteiger partial charge in [0, 0.05) is 57.1 Å². The standard InChI is InChI=1S/C23H26N8O2S/c1-16(32)26-18-3-2-4-19(13-18)31-22(17-5-6-17)27-28-23(31)34-15-21(33)30-11-9-29(10-12-30)20-14-24-7-8-25-20/h2-4,7-8,13-14,17H,5-6,9-12,15H2,1H3,(H,26,32). The van der Waals surface area contributed by atoms with Crippen LogP contribution in [0.1, 0.15) is 31.5 Å². The van der Waals surface area contributed by atoms with E-state index in [1.165, 1.54) is 18.7 Å². The molecule has 0 unspecified atom stereocenters. The molecule has 5 rings (SSSR count). The molecule has 0 radical (unpaired) electrons. The highest BCUT2D eigenvalue weighted by Gasteiger charge is 2.31. The van der Waals surface area contributed by atoms with Crippen LogP contribution in [0.15, 0.2) is 48.0 Å². The van der Waals surface area contributed by atoms with Gasteiger partial charge in [0.05, 0.1) is 17.6 Å². The predicted molar refractivity (Wildman–Crippen MR) is 129 cm³/mol. The Kier molecular flexibility index (Phi) is 6.43. The fraction of sp³-hybridized carbons (Fsp3) is 0.391. The van der Waals surface area contributed by atoms with Crippen molar-refractivity contribution in [1.82, 2.24) is 29.6 Å². The summed E-state index contributed by atoms with van der Waals surface area (Å²) >= 11 is 1.40. The topological polar surface area (TPSA) is 109 Å². The van der Waals surface area contributed by atoms with E-state index in [9.17, 15) is 9.59 Å². The van der Waals surface area contributed by atoms with Crippen LogP contribution in [0.25, 0.3) is 5.69 Å². The molecule has 11 heteroatoms. The molecule has 0 spiro atoms. The summed E-state index contributed by atoms with van der Waals surface area (Å²) in [5, 5.41) is 12.4. The molecule has 0 atom stereocenters. The molecule has 0 bridgehead atoms. The van der Waals surface area contributed by atoms with E-state index >= 15 is 0 Å². The number of nitrogens with zero attached hydrogens (tertiary/aromatic N) is 7. The highest BCUT2D eigenvalue weighted by Crippen LogP contribution is 2.41. The zero-order valence-corrected chi connectivity index (χ0v) is 19.7. The molecule has 1 aliphatic carbocycles. The third-order valence-corrected chi connectivity index (χ3v) is 6.77. The Morgan fingerprint density at radius 3 is 2.65 bits per heavy atom. The number of carbonyl (C=O) groups excluding carboxylic acids is 2. The second kappa shape index (κ2) is 9.80. The number of hydrogen-bond donors (Lipinski definition) is 1. The van der Waals surface area contributed by atoms with Crippen LogP contribution in [0.2, 0.25) is 0 Å². The van der Waals surface area contributed by atoms with Crippen molar-refractivity contribution in [3.8, 4) is 5.69 Å². The fourth-order valence-electron chi connectivity index (χ4n) is 4.01. The minimum Gasteiger partial charge on any atom is -0.352 e. The lowest BCUT2D eigenvalue weighted by molar-refractivity contribution is -0.128. The Balaban J connectivity index is 1.26. The zero-order chi connectivity index (χ0) is 23.5. The van der Waals surface area contributed by atoms with Crippen LogP contribution in [-0.2, 0) is 9.59 Å². The second-order valence-electron chi connectivity index (χ2n) is 8.40. The average molecular weight is 479 g/mol. The van der Waals surface area contributed by atoms with Crippen LogP contribution in [0.3, 0.4) is 0 Å². The largest absolute Gasteiger partial charge is 0.352 e. The summed E-state index contributed by atoms with van der Waals surface area (Å²) in [7, 11) is 0. The molecule has 2 aliphatic rings. The quantitative estimate of drug-likeness (QED) is 0.516. The summed E-state index contributed by atoms with van der Waals surface area (Å²) in [6, 6.07) is 7.63. The van der Waals surface area contributed by atoms with Gasteiger partial charge in [0.2, 0.25) is 11.8 Å². The van der Waals surface area contributed by atoms with Gasteiger partial charge in [-0.1, -0.05) is 17.8 Å². The average Bonchev–Trinajstić information content (AvgIpc) is 3.62. The van der Waals surface area contributed by atoms with Crippen molar-refractivity contribution < 1.29 is 9.59 Å². The normalized spacial score (nSPS) is 15.9. The van der Waals surface area contributed by atoms with Gasteiger partial charge in [0.15, 0.2) is 5.16 Å². The Hall–Kier alpha value is -3.47. The van der Waals surface area contributed by atoms with Crippen molar-refractivity contribution >= 4 is 35.1 Å². The molecule has 2 aromatic heterocycles. The van der Waals surface area contributed by atoms with Gasteiger partial charge in [-0.05, 0) is 31.0 Å². The van der Waals surface area contributed by atoms with Crippen LogP contribution >= 0.6 is 11.8 Å². The van der Waals surface area contributed by atoms with Crippen molar-refractivity contribution in [1.29, 1.82) is 0 Å². The van der Waals surface area contributed by atoms with Gasteiger partial charge in [0.25, 0.3) is 0 Å². The van der Waals surface area contributed by atoms with E-state index in [1.54, 1.807) is 18.6 Å². The number of carbonyl (C=O) groups is 2. The number of anilines is 2. The summed E-state index contributed by atoms with van der Waals surface area (Å²) in [5.41, 5.74) is 1.60. The summed E-state index contributed by atoms with van der Waals surface area (Å²) in [4.78, 5) is 36.9. The van der Waals surface area contributed by atoms with E-state index in [0.717, 1.165) is 43.3 Å². The van der Waals surface area contributed by atoms with Crippen LogP contribution in [-0.4, -0.2) is 73.4 Å². The van der Waals surface area contributed by atoms with Crippen LogP contribution in [0, 0.1) is 0 Å².